The number of carbonyl (C=O) groups excluding carboxylic acids is 1. The van der Waals surface area contributed by atoms with E-state index in [1.54, 1.807) is 27.6 Å². The average molecular weight is 431 g/mol. The van der Waals surface area contributed by atoms with Crippen LogP contribution in [0.4, 0.5) is 0 Å². The Morgan fingerprint density at radius 2 is 2.03 bits per heavy atom. The first kappa shape index (κ1) is 20.6. The van der Waals surface area contributed by atoms with Gasteiger partial charge in [0.15, 0.2) is 5.65 Å². The van der Waals surface area contributed by atoms with Crippen LogP contribution in [0.5, 0.6) is 5.75 Å². The number of carbonyl (C=O) groups is 1. The van der Waals surface area contributed by atoms with E-state index in [0.717, 1.165) is 41.3 Å². The van der Waals surface area contributed by atoms with Crippen molar-refractivity contribution in [1.29, 1.82) is 0 Å². The lowest BCUT2D eigenvalue weighted by molar-refractivity contribution is 0.0746. The van der Waals surface area contributed by atoms with Gasteiger partial charge in [-0.2, -0.15) is 5.10 Å². The lowest BCUT2D eigenvalue weighted by Crippen LogP contribution is -2.26. The summed E-state index contributed by atoms with van der Waals surface area (Å²) < 4.78 is 6.54. The molecule has 9 heteroatoms. The molecular formula is C21H23ClN4O4. The lowest BCUT2D eigenvalue weighted by Gasteiger charge is -2.16. The molecule has 1 fully saturated rings. The first-order valence-electron chi connectivity index (χ1n) is 9.73. The summed E-state index contributed by atoms with van der Waals surface area (Å²) in [7, 11) is 0. The maximum absolute atomic E-state index is 12.6. The number of hydrogen-bond donors (Lipinski definition) is 2. The van der Waals surface area contributed by atoms with Crippen molar-refractivity contribution < 1.29 is 19.7 Å². The molecule has 2 N–H and O–H groups in total. The first-order valence-corrected chi connectivity index (χ1v) is 10.1. The lowest BCUT2D eigenvalue weighted by atomic mass is 10.2. The molecule has 1 atom stereocenters. The molecule has 1 amide bonds. The second-order valence-electron chi connectivity index (χ2n) is 7.45. The minimum absolute atomic E-state index is 0.0159. The van der Waals surface area contributed by atoms with Gasteiger partial charge >= 0.3 is 0 Å². The number of hydrogen-bond acceptors (Lipinski definition) is 6. The molecule has 1 aromatic carbocycles. The monoisotopic (exact) mass is 430 g/mol. The van der Waals surface area contributed by atoms with Crippen molar-refractivity contribution in [2.75, 3.05) is 13.2 Å². The third-order valence-corrected chi connectivity index (χ3v) is 5.83. The van der Waals surface area contributed by atoms with Crippen molar-refractivity contribution in [3.8, 4) is 5.75 Å². The molecule has 0 bridgehead atoms. The summed E-state index contributed by atoms with van der Waals surface area (Å²) in [5.74, 6) is -0.232. The van der Waals surface area contributed by atoms with Gasteiger partial charge < -0.3 is 19.8 Å². The number of halogens is 1. The maximum Gasteiger partial charge on any atom is 0.258 e. The number of para-hydroxylation sites is 1. The van der Waals surface area contributed by atoms with E-state index in [1.807, 2.05) is 13.8 Å². The van der Waals surface area contributed by atoms with Crippen molar-refractivity contribution >= 4 is 23.2 Å². The summed E-state index contributed by atoms with van der Waals surface area (Å²) in [5.41, 5.74) is 4.36. The molecule has 2 aliphatic heterocycles. The molecule has 1 saturated heterocycles. The van der Waals surface area contributed by atoms with Crippen molar-refractivity contribution in [2.45, 2.75) is 39.5 Å². The zero-order valence-corrected chi connectivity index (χ0v) is 17.6. The molecule has 0 saturated carbocycles. The predicted molar refractivity (Wildman–Crippen MR) is 111 cm³/mol. The second-order valence-corrected chi connectivity index (χ2v) is 7.83. The van der Waals surface area contributed by atoms with Gasteiger partial charge in [0.2, 0.25) is 0 Å². The van der Waals surface area contributed by atoms with Gasteiger partial charge in [-0.05, 0) is 32.4 Å². The molecular weight excluding hydrogens is 408 g/mol. The molecule has 30 heavy (non-hydrogen) atoms. The Morgan fingerprint density at radius 3 is 2.67 bits per heavy atom. The van der Waals surface area contributed by atoms with Crippen molar-refractivity contribution in [2.24, 2.45) is 0 Å². The molecule has 5 rings (SSSR count). The van der Waals surface area contributed by atoms with Crippen LogP contribution in [0.15, 0.2) is 24.3 Å². The topological polar surface area (TPSA) is 100 Å². The number of ether oxygens (including phenoxy) is 1. The molecule has 158 valence electrons. The van der Waals surface area contributed by atoms with Gasteiger partial charge in [-0.1, -0.05) is 23.7 Å². The van der Waals surface area contributed by atoms with Crippen LogP contribution in [0, 0.1) is 13.8 Å². The van der Waals surface area contributed by atoms with E-state index in [9.17, 15) is 9.90 Å². The molecule has 0 radical (unpaired) electrons. The minimum Gasteiger partial charge on any atom is -0.507 e. The van der Waals surface area contributed by atoms with Crippen LogP contribution < -0.4 is 0 Å². The van der Waals surface area contributed by atoms with Gasteiger partial charge in [-0.3, -0.25) is 4.79 Å². The fraction of sp³-hybridized carbons (Fsp3) is 0.381. The number of phenolic OH excluding ortho intramolecular Hbond substituents is 1. The molecule has 0 aliphatic carbocycles. The number of nitrogens with zero attached hydrogens (tertiary/aromatic N) is 4. The summed E-state index contributed by atoms with van der Waals surface area (Å²) in [6.07, 6.45) is 0.644. The van der Waals surface area contributed by atoms with E-state index in [2.05, 4.69) is 10.1 Å². The van der Waals surface area contributed by atoms with E-state index in [4.69, 9.17) is 21.4 Å². The quantitative estimate of drug-likeness (QED) is 0.615. The van der Waals surface area contributed by atoms with Crippen LogP contribution >= 0.6 is 11.6 Å². The van der Waals surface area contributed by atoms with Gasteiger partial charge in [0, 0.05) is 12.2 Å². The number of phenols is 1. The van der Waals surface area contributed by atoms with Gasteiger partial charge in [0.1, 0.15) is 5.75 Å². The van der Waals surface area contributed by atoms with Crippen LogP contribution in [-0.4, -0.2) is 54.9 Å². The normalized spacial score (nSPS) is 17.7. The summed E-state index contributed by atoms with van der Waals surface area (Å²) >= 11 is 6.24. The van der Waals surface area contributed by atoms with Crippen LogP contribution in [0.1, 0.15) is 39.4 Å². The Balaban J connectivity index is 0.000000313. The summed E-state index contributed by atoms with van der Waals surface area (Å²) in [4.78, 5) is 18.8. The van der Waals surface area contributed by atoms with Gasteiger partial charge in [0.25, 0.3) is 5.91 Å². The van der Waals surface area contributed by atoms with Gasteiger partial charge in [0.05, 0.1) is 53.5 Å². The first-order chi connectivity index (χ1) is 14.4. The standard InChI is InChI=1S/C17H15ClN4O2.C4H8O2/c1-9-15(18)10(2)22-16(19-9)12-7-21(8-13(12)20-22)17(24)11-5-3-4-6-14(11)23;5-4-1-2-6-3-4/h3-6,23H,7-8H2,1-2H3;4-5H,1-3H2. The molecule has 0 spiro atoms. The van der Waals surface area contributed by atoms with Crippen LogP contribution in [0.2, 0.25) is 5.02 Å². The highest BCUT2D eigenvalue weighted by atomic mass is 35.5. The summed E-state index contributed by atoms with van der Waals surface area (Å²) in [6.45, 7) is 5.84. The van der Waals surface area contributed by atoms with Gasteiger partial charge in [-0.15, -0.1) is 0 Å². The molecule has 3 aromatic rings. The number of aliphatic hydroxyl groups is 1. The Morgan fingerprint density at radius 1 is 1.27 bits per heavy atom. The average Bonchev–Trinajstić information content (AvgIpc) is 3.44. The number of benzene rings is 1. The van der Waals surface area contributed by atoms with Crippen LogP contribution in [0.25, 0.3) is 5.65 Å². The predicted octanol–water partition coefficient (Wildman–Crippen LogP) is 2.63. The van der Waals surface area contributed by atoms with E-state index < -0.39 is 0 Å². The van der Waals surface area contributed by atoms with Crippen molar-refractivity contribution in [1.82, 2.24) is 19.5 Å². The molecule has 1 unspecified atom stereocenters. The second kappa shape index (κ2) is 8.22. The summed E-state index contributed by atoms with van der Waals surface area (Å²) in [5, 5.41) is 23.7. The van der Waals surface area contributed by atoms with E-state index in [0.29, 0.717) is 30.3 Å². The zero-order valence-electron chi connectivity index (χ0n) is 16.8. The third kappa shape index (κ3) is 3.74. The highest BCUT2D eigenvalue weighted by Gasteiger charge is 2.31. The number of aromatic nitrogens is 3. The largest absolute Gasteiger partial charge is 0.507 e. The van der Waals surface area contributed by atoms with E-state index in [-0.39, 0.29) is 17.8 Å². The van der Waals surface area contributed by atoms with Crippen molar-refractivity contribution in [3.05, 3.63) is 57.5 Å². The van der Waals surface area contributed by atoms with Crippen LogP contribution in [0.3, 0.4) is 0 Å². The minimum atomic E-state index is -0.216. The summed E-state index contributed by atoms with van der Waals surface area (Å²) in [6, 6.07) is 6.55. The molecule has 2 aromatic heterocycles. The highest BCUT2D eigenvalue weighted by molar-refractivity contribution is 6.31. The molecule has 8 nitrogen and oxygen atoms in total. The Bertz CT molecular complexity index is 1110. The SMILES string of the molecule is Cc1nc2c3c(nn2c(C)c1Cl)CN(C(=O)c1ccccc1O)C3.OC1CCOC1. The number of fused-ring (bicyclic) bond motifs is 3. The van der Waals surface area contributed by atoms with Gasteiger partial charge in [-0.25, -0.2) is 9.50 Å². The number of rotatable bonds is 1. The zero-order chi connectivity index (χ0) is 21.4. The fourth-order valence-corrected chi connectivity index (χ4v) is 3.73. The highest BCUT2D eigenvalue weighted by Crippen LogP contribution is 2.30. The maximum atomic E-state index is 12.6. The number of aromatic hydroxyl groups is 1. The number of amides is 1. The fourth-order valence-electron chi connectivity index (χ4n) is 3.60. The smallest absolute Gasteiger partial charge is 0.258 e. The Hall–Kier alpha value is -2.68. The molecule has 4 heterocycles. The third-order valence-electron chi connectivity index (χ3n) is 5.28. The van der Waals surface area contributed by atoms with E-state index in [1.165, 1.54) is 6.07 Å². The van der Waals surface area contributed by atoms with E-state index >= 15 is 0 Å². The van der Waals surface area contributed by atoms with Crippen molar-refractivity contribution in [3.63, 3.8) is 0 Å². The number of aryl methyl sites for hydroxylation is 2. The number of aliphatic hydroxyl groups excluding tert-OH is 1. The van der Waals surface area contributed by atoms with Crippen LogP contribution in [-0.2, 0) is 17.8 Å². The molecule has 2 aliphatic rings. The Kier molecular flexibility index (Phi) is 5.64. The Labute approximate surface area is 178 Å².